The van der Waals surface area contributed by atoms with E-state index in [1.807, 2.05) is 12.1 Å². The van der Waals surface area contributed by atoms with E-state index >= 15 is 0 Å². The third-order valence-electron chi connectivity index (χ3n) is 3.20. The van der Waals surface area contributed by atoms with Gasteiger partial charge < -0.3 is 9.72 Å². The van der Waals surface area contributed by atoms with E-state index in [2.05, 4.69) is 9.97 Å². The molecule has 5 nitrogen and oxygen atoms in total. The molecular formula is C17H14N2O3. The molecule has 0 fully saturated rings. The first kappa shape index (κ1) is 14.0. The molecule has 1 aromatic heterocycles. The van der Waals surface area contributed by atoms with Gasteiger partial charge in [-0.25, -0.2) is 4.98 Å². The molecule has 0 spiro atoms. The number of nitrogens with zero attached hydrogens (tertiary/aromatic N) is 1. The number of fused-ring (bicyclic) bond motifs is 1. The average molecular weight is 294 g/mol. The third-order valence-corrected chi connectivity index (χ3v) is 3.20. The van der Waals surface area contributed by atoms with Crippen LogP contribution in [0.4, 0.5) is 0 Å². The number of esters is 1. The molecule has 3 aromatic rings. The zero-order valence-electron chi connectivity index (χ0n) is 11.8. The van der Waals surface area contributed by atoms with Crippen LogP contribution in [0.3, 0.4) is 0 Å². The summed E-state index contributed by atoms with van der Waals surface area (Å²) >= 11 is 0. The van der Waals surface area contributed by atoms with Crippen LogP contribution in [-0.2, 0) is 11.2 Å². The molecule has 0 bridgehead atoms. The molecule has 0 aliphatic rings. The third kappa shape index (κ3) is 3.20. The lowest BCUT2D eigenvalue weighted by Crippen LogP contribution is -2.14. The van der Waals surface area contributed by atoms with Crippen LogP contribution >= 0.6 is 0 Å². The molecule has 110 valence electrons. The lowest BCUT2D eigenvalue weighted by Gasteiger charge is -2.04. The second kappa shape index (κ2) is 6.22. The van der Waals surface area contributed by atoms with Crippen molar-refractivity contribution < 1.29 is 9.53 Å². The molecular weight excluding hydrogens is 280 g/mol. The van der Waals surface area contributed by atoms with E-state index in [-0.39, 0.29) is 17.9 Å². The van der Waals surface area contributed by atoms with Crippen LogP contribution in [0.1, 0.15) is 12.2 Å². The number of hydrogen-bond acceptors (Lipinski definition) is 4. The molecule has 22 heavy (non-hydrogen) atoms. The van der Waals surface area contributed by atoms with Crippen LogP contribution in [0.5, 0.6) is 5.75 Å². The van der Waals surface area contributed by atoms with Crippen LogP contribution in [0.15, 0.2) is 59.4 Å². The molecule has 1 N–H and O–H groups in total. The van der Waals surface area contributed by atoms with Gasteiger partial charge in [-0.2, -0.15) is 0 Å². The van der Waals surface area contributed by atoms with Gasteiger partial charge in [-0.1, -0.05) is 30.3 Å². The van der Waals surface area contributed by atoms with Crippen LogP contribution in [0, 0.1) is 0 Å². The summed E-state index contributed by atoms with van der Waals surface area (Å²) in [5.74, 6) is 0.628. The molecule has 3 rings (SSSR count). The maximum atomic E-state index is 11.9. The quantitative estimate of drug-likeness (QED) is 0.592. The maximum absolute atomic E-state index is 11.9. The Morgan fingerprint density at radius 2 is 1.77 bits per heavy atom. The Balaban J connectivity index is 1.69. The minimum atomic E-state index is -0.359. The summed E-state index contributed by atoms with van der Waals surface area (Å²) in [6.07, 6.45) is 0.474. The standard InChI is InChI=1S/C17H14N2O3/c20-16(22-12-6-2-1-3-7-12)11-10-15-18-14-9-5-4-8-13(14)17(21)19-15/h1-9H,10-11H2,(H,18,19,21). The number of rotatable bonds is 4. The second-order valence-electron chi connectivity index (χ2n) is 4.82. The molecule has 0 saturated heterocycles. The Bertz CT molecular complexity index is 856. The highest BCUT2D eigenvalue weighted by Crippen LogP contribution is 2.10. The van der Waals surface area contributed by atoms with E-state index in [1.165, 1.54) is 0 Å². The lowest BCUT2D eigenvalue weighted by atomic mass is 10.2. The zero-order valence-corrected chi connectivity index (χ0v) is 11.8. The number of H-pyrrole nitrogens is 1. The van der Waals surface area contributed by atoms with Gasteiger partial charge in [0.05, 0.1) is 17.3 Å². The number of carbonyl (C=O) groups is 1. The van der Waals surface area contributed by atoms with Crippen molar-refractivity contribution in [1.82, 2.24) is 9.97 Å². The average Bonchev–Trinajstić information content (AvgIpc) is 2.54. The van der Waals surface area contributed by atoms with E-state index in [0.29, 0.717) is 28.9 Å². The van der Waals surface area contributed by atoms with Gasteiger partial charge in [0, 0.05) is 6.42 Å². The fraction of sp³-hybridized carbons (Fsp3) is 0.118. The zero-order chi connectivity index (χ0) is 15.4. The number of aryl methyl sites for hydroxylation is 1. The first-order chi connectivity index (χ1) is 10.7. The Morgan fingerprint density at radius 3 is 2.59 bits per heavy atom. The summed E-state index contributed by atoms with van der Waals surface area (Å²) in [7, 11) is 0. The van der Waals surface area contributed by atoms with Gasteiger partial charge in [-0.3, -0.25) is 9.59 Å². The highest BCUT2D eigenvalue weighted by atomic mass is 16.5. The normalized spacial score (nSPS) is 10.5. The number of nitrogens with one attached hydrogen (secondary N) is 1. The molecule has 0 aliphatic heterocycles. The van der Waals surface area contributed by atoms with Crippen molar-refractivity contribution in [3.8, 4) is 5.75 Å². The predicted molar refractivity (Wildman–Crippen MR) is 82.8 cm³/mol. The predicted octanol–water partition coefficient (Wildman–Crippen LogP) is 2.46. The smallest absolute Gasteiger partial charge is 0.311 e. The molecule has 1 heterocycles. The van der Waals surface area contributed by atoms with Crippen molar-refractivity contribution in [3.05, 3.63) is 70.8 Å². The number of hydrogen-bond donors (Lipinski definition) is 1. The van der Waals surface area contributed by atoms with Crippen molar-refractivity contribution >= 4 is 16.9 Å². The Labute approximate surface area is 126 Å². The van der Waals surface area contributed by atoms with Crippen LogP contribution in [0.25, 0.3) is 10.9 Å². The van der Waals surface area contributed by atoms with Gasteiger partial charge in [0.25, 0.3) is 5.56 Å². The van der Waals surface area contributed by atoms with Crippen LogP contribution in [0.2, 0.25) is 0 Å². The van der Waals surface area contributed by atoms with Gasteiger partial charge in [0.2, 0.25) is 0 Å². The molecule has 0 unspecified atom stereocenters. The van der Waals surface area contributed by atoms with E-state index in [1.54, 1.807) is 42.5 Å². The highest BCUT2D eigenvalue weighted by Gasteiger charge is 2.08. The van der Waals surface area contributed by atoms with E-state index in [0.717, 1.165) is 0 Å². The van der Waals surface area contributed by atoms with Crippen LogP contribution in [-0.4, -0.2) is 15.9 Å². The summed E-state index contributed by atoms with van der Waals surface area (Å²) in [5.41, 5.74) is 0.426. The number of ether oxygens (including phenoxy) is 1. The minimum Gasteiger partial charge on any atom is -0.427 e. The molecule has 0 atom stereocenters. The van der Waals surface area contributed by atoms with Gasteiger partial charge in [0.1, 0.15) is 11.6 Å². The summed E-state index contributed by atoms with van der Waals surface area (Å²) in [4.78, 5) is 30.8. The summed E-state index contributed by atoms with van der Waals surface area (Å²) < 4.78 is 5.20. The first-order valence-electron chi connectivity index (χ1n) is 6.96. The minimum absolute atomic E-state index is 0.149. The number of aromatic amines is 1. The fourth-order valence-corrected chi connectivity index (χ4v) is 2.14. The summed E-state index contributed by atoms with van der Waals surface area (Å²) in [6.45, 7) is 0. The fourth-order valence-electron chi connectivity index (χ4n) is 2.14. The van der Waals surface area contributed by atoms with Crippen molar-refractivity contribution in [2.45, 2.75) is 12.8 Å². The van der Waals surface area contributed by atoms with Crippen molar-refractivity contribution in [1.29, 1.82) is 0 Å². The SMILES string of the molecule is O=C(CCc1nc2ccccc2c(=O)[nH]1)Oc1ccccc1. The van der Waals surface area contributed by atoms with Gasteiger partial charge in [-0.15, -0.1) is 0 Å². The molecule has 0 aliphatic carbocycles. The number of benzene rings is 2. The number of aromatic nitrogens is 2. The van der Waals surface area contributed by atoms with Gasteiger partial charge >= 0.3 is 5.97 Å². The molecule has 0 radical (unpaired) electrons. The van der Waals surface area contributed by atoms with Crippen molar-refractivity contribution in [3.63, 3.8) is 0 Å². The lowest BCUT2D eigenvalue weighted by molar-refractivity contribution is -0.134. The number of carbonyl (C=O) groups excluding carboxylic acids is 1. The summed E-state index contributed by atoms with van der Waals surface area (Å²) in [6, 6.07) is 16.0. The topological polar surface area (TPSA) is 72.0 Å². The molecule has 0 amide bonds. The van der Waals surface area contributed by atoms with Gasteiger partial charge in [0.15, 0.2) is 0 Å². The highest BCUT2D eigenvalue weighted by molar-refractivity contribution is 5.77. The molecule has 0 saturated carbocycles. The Hall–Kier alpha value is -2.95. The molecule has 5 heteroatoms. The Kier molecular flexibility index (Phi) is 3.96. The van der Waals surface area contributed by atoms with Gasteiger partial charge in [-0.05, 0) is 24.3 Å². The van der Waals surface area contributed by atoms with Crippen LogP contribution < -0.4 is 10.3 Å². The maximum Gasteiger partial charge on any atom is 0.311 e. The second-order valence-corrected chi connectivity index (χ2v) is 4.82. The van der Waals surface area contributed by atoms with Crippen molar-refractivity contribution in [2.75, 3.05) is 0 Å². The van der Waals surface area contributed by atoms with E-state index in [9.17, 15) is 9.59 Å². The number of para-hydroxylation sites is 2. The van der Waals surface area contributed by atoms with Crippen molar-refractivity contribution in [2.24, 2.45) is 0 Å². The summed E-state index contributed by atoms with van der Waals surface area (Å²) in [5, 5.41) is 0.540. The monoisotopic (exact) mass is 294 g/mol. The van der Waals surface area contributed by atoms with E-state index in [4.69, 9.17) is 4.74 Å². The molecule has 2 aromatic carbocycles. The van der Waals surface area contributed by atoms with E-state index < -0.39 is 0 Å². The Morgan fingerprint density at radius 1 is 1.05 bits per heavy atom. The first-order valence-corrected chi connectivity index (χ1v) is 6.96. The largest absolute Gasteiger partial charge is 0.427 e.